The summed E-state index contributed by atoms with van der Waals surface area (Å²) in [4.78, 5) is 8.83. The second-order valence-corrected chi connectivity index (χ2v) is 18.4. The van der Waals surface area contributed by atoms with Crippen molar-refractivity contribution in [3.8, 4) is 17.1 Å². The van der Waals surface area contributed by atoms with Crippen LogP contribution in [0.3, 0.4) is 0 Å². The van der Waals surface area contributed by atoms with Gasteiger partial charge in [0.15, 0.2) is 17.8 Å². The van der Waals surface area contributed by atoms with Gasteiger partial charge in [-0.2, -0.15) is 35.1 Å². The van der Waals surface area contributed by atoms with Gasteiger partial charge < -0.3 is 4.74 Å². The molecule has 3 atom stereocenters. The van der Waals surface area contributed by atoms with E-state index in [1.54, 1.807) is 36.7 Å². The molecule has 0 saturated carbocycles. The quantitative estimate of drug-likeness (QED) is 0.0606. The van der Waals surface area contributed by atoms with E-state index in [0.29, 0.717) is 17.1 Å². The maximum Gasteiger partial charge on any atom is 0.381 e. The zero-order valence-corrected chi connectivity index (χ0v) is 29.7. The summed E-state index contributed by atoms with van der Waals surface area (Å²) in [6.45, 7) is 3.71. The molecule has 0 saturated heterocycles. The average molecular weight is 773 g/mol. The lowest BCUT2D eigenvalue weighted by Crippen LogP contribution is -2.70. The van der Waals surface area contributed by atoms with Gasteiger partial charge in [0.25, 0.3) is 6.43 Å². The van der Waals surface area contributed by atoms with Crippen LogP contribution >= 0.6 is 0 Å². The highest BCUT2D eigenvalue weighted by Crippen LogP contribution is 2.57. The molecule has 2 rings (SSSR count). The van der Waals surface area contributed by atoms with Crippen molar-refractivity contribution < 1.29 is 61.8 Å². The van der Waals surface area contributed by atoms with Crippen LogP contribution in [0.15, 0.2) is 36.7 Å². The first kappa shape index (κ1) is 44.6. The maximum atomic E-state index is 14.9. The number of benzene rings is 1. The average Bonchev–Trinajstić information content (AvgIpc) is 3.08. The van der Waals surface area contributed by atoms with E-state index in [-0.39, 0.29) is 19.4 Å². The summed E-state index contributed by atoms with van der Waals surface area (Å²) in [5.74, 6) is -31.5. The molecule has 3 nitrogen and oxygen atoms in total. The Kier molecular flexibility index (Phi) is 16.6. The predicted molar refractivity (Wildman–Crippen MR) is 171 cm³/mol. The highest BCUT2D eigenvalue weighted by molar-refractivity contribution is 6.78. The van der Waals surface area contributed by atoms with E-state index in [1.165, 1.54) is 38.5 Å². The molecular weight excluding hydrogens is 727 g/mol. The van der Waals surface area contributed by atoms with Gasteiger partial charge in [0.2, 0.25) is 6.17 Å². The fraction of sp³-hybridized carbons (Fsp3) is 0.706. The number of alkyl halides is 13. The van der Waals surface area contributed by atoms with Gasteiger partial charge in [0.1, 0.15) is 5.75 Å². The van der Waals surface area contributed by atoms with Gasteiger partial charge in [-0.1, -0.05) is 77.4 Å². The van der Waals surface area contributed by atoms with Gasteiger partial charge >= 0.3 is 23.7 Å². The minimum absolute atomic E-state index is 0.0476. The summed E-state index contributed by atoms with van der Waals surface area (Å²) in [7, 11) is -4.28. The van der Waals surface area contributed by atoms with Gasteiger partial charge in [-0.3, -0.25) is 0 Å². The molecule has 17 heteroatoms. The highest BCUT2D eigenvalue weighted by Gasteiger charge is 2.85. The number of ether oxygens (including phenoxy) is 1. The highest BCUT2D eigenvalue weighted by atomic mass is 28.3. The molecule has 1 aromatic heterocycles. The van der Waals surface area contributed by atoms with Crippen molar-refractivity contribution in [1.29, 1.82) is 0 Å². The molecular formula is C34H45F13N2OSi. The lowest BCUT2D eigenvalue weighted by molar-refractivity contribution is -0.383. The smallest absolute Gasteiger partial charge is 0.381 e. The maximum absolute atomic E-state index is 14.9. The Hall–Kier alpha value is -2.59. The third-order valence-corrected chi connectivity index (χ3v) is 12.1. The summed E-state index contributed by atoms with van der Waals surface area (Å²) in [6, 6.07) is 6.09. The summed E-state index contributed by atoms with van der Waals surface area (Å²) in [6.07, 6.45) is -0.581. The number of aromatic nitrogens is 2. The molecule has 0 fully saturated rings. The monoisotopic (exact) mass is 772 g/mol. The van der Waals surface area contributed by atoms with E-state index in [0.717, 1.165) is 37.9 Å². The van der Waals surface area contributed by atoms with Crippen LogP contribution in [0.4, 0.5) is 57.1 Å². The fourth-order valence-corrected chi connectivity index (χ4v) is 7.94. The number of halogens is 13. The minimum Gasteiger partial charge on any atom is -0.494 e. The van der Waals surface area contributed by atoms with Crippen LogP contribution in [0.5, 0.6) is 5.75 Å². The number of hydrogen-bond acceptors (Lipinski definition) is 3. The van der Waals surface area contributed by atoms with Crippen LogP contribution in [0.25, 0.3) is 11.4 Å². The topological polar surface area (TPSA) is 35.0 Å². The first-order chi connectivity index (χ1) is 23.6. The molecule has 0 aliphatic heterocycles. The normalized spacial score (nSPS) is 15.2. The lowest BCUT2D eigenvalue weighted by atomic mass is 9.94. The number of unbranched alkanes of at least 4 members (excludes halogenated alkanes) is 8. The Labute approximate surface area is 290 Å². The number of hydrogen-bond donors (Lipinski definition) is 0. The molecule has 0 spiro atoms. The van der Waals surface area contributed by atoms with Crippen LogP contribution in [0.2, 0.25) is 19.1 Å². The largest absolute Gasteiger partial charge is 0.494 e. The van der Waals surface area contributed by atoms with Crippen molar-refractivity contribution in [2.75, 3.05) is 6.61 Å². The number of aryl methyl sites for hydroxylation is 1. The van der Waals surface area contributed by atoms with Crippen LogP contribution in [-0.4, -0.2) is 72.9 Å². The summed E-state index contributed by atoms with van der Waals surface area (Å²) in [5, 5.41) is 0. The zero-order chi connectivity index (χ0) is 38.7. The van der Waals surface area contributed by atoms with Crippen molar-refractivity contribution in [2.24, 2.45) is 0 Å². The molecule has 3 unspecified atom stereocenters. The van der Waals surface area contributed by atoms with Crippen molar-refractivity contribution in [1.82, 2.24) is 9.97 Å². The van der Waals surface area contributed by atoms with E-state index in [9.17, 15) is 57.1 Å². The third kappa shape index (κ3) is 11.2. The molecule has 0 N–H and O–H groups in total. The minimum atomic E-state index is -7.44. The molecule has 2 aromatic rings. The molecule has 1 heterocycles. The zero-order valence-electron chi connectivity index (χ0n) is 28.7. The van der Waals surface area contributed by atoms with E-state index < -0.39 is 62.4 Å². The van der Waals surface area contributed by atoms with Gasteiger partial charge in [-0.25, -0.2) is 31.9 Å². The summed E-state index contributed by atoms with van der Waals surface area (Å²) in [5.41, 5.74) is 1.73. The Morgan fingerprint density at radius 1 is 0.667 bits per heavy atom. The molecule has 0 bridgehead atoms. The first-order valence-electron chi connectivity index (χ1n) is 16.9. The fourth-order valence-electron chi connectivity index (χ4n) is 5.36. The molecule has 292 valence electrons. The molecule has 0 radical (unpaired) electrons. The number of nitrogens with zero attached hydrogens (tertiary/aromatic N) is 2. The van der Waals surface area contributed by atoms with Crippen molar-refractivity contribution in [2.45, 2.75) is 145 Å². The Balaban J connectivity index is 1.87. The molecule has 0 aliphatic rings. The van der Waals surface area contributed by atoms with Crippen LogP contribution in [0, 0.1) is 0 Å². The van der Waals surface area contributed by atoms with E-state index in [2.05, 4.69) is 16.9 Å². The molecule has 1 aromatic carbocycles. The van der Waals surface area contributed by atoms with Crippen molar-refractivity contribution >= 4 is 8.07 Å². The van der Waals surface area contributed by atoms with Gasteiger partial charge in [-0.05, 0) is 49.1 Å². The third-order valence-electron chi connectivity index (χ3n) is 8.72. The first-order valence-corrected chi connectivity index (χ1v) is 20.2. The standard InChI is InChI=1S/C34H45F13N2OSi/c1-4-5-6-7-8-9-10-11-14-23-21-48-29(49-22-23)24-15-17-25(18-16-24)50-19-12-13-20-51(2,3)30(39)32(42,43)34(46,47)33(44,45)31(40,41)27(36)26(35)28(37)38/h15-18,21-22,26-28,30H,4-14,19-20H2,1-3H3. The van der Waals surface area contributed by atoms with Gasteiger partial charge in [0, 0.05) is 18.0 Å². The second-order valence-electron chi connectivity index (χ2n) is 13.4. The second kappa shape index (κ2) is 18.9. The summed E-state index contributed by atoms with van der Waals surface area (Å²) >= 11 is 0. The Morgan fingerprint density at radius 2 is 1.18 bits per heavy atom. The van der Waals surface area contributed by atoms with Crippen molar-refractivity contribution in [3.05, 3.63) is 42.2 Å². The Bertz CT molecular complexity index is 1300. The predicted octanol–water partition coefficient (Wildman–Crippen LogP) is 12.1. The Morgan fingerprint density at radius 3 is 1.71 bits per heavy atom. The summed E-state index contributed by atoms with van der Waals surface area (Å²) < 4.78 is 185. The van der Waals surface area contributed by atoms with E-state index >= 15 is 0 Å². The van der Waals surface area contributed by atoms with Crippen LogP contribution in [0.1, 0.15) is 76.7 Å². The molecule has 0 aliphatic carbocycles. The van der Waals surface area contributed by atoms with Gasteiger partial charge in [0.05, 0.1) is 14.7 Å². The van der Waals surface area contributed by atoms with Gasteiger partial charge in [-0.15, -0.1) is 0 Å². The lowest BCUT2D eigenvalue weighted by Gasteiger charge is -2.41. The van der Waals surface area contributed by atoms with Crippen LogP contribution < -0.4 is 4.74 Å². The van der Waals surface area contributed by atoms with E-state index in [4.69, 9.17) is 4.74 Å². The molecule has 0 amide bonds. The van der Waals surface area contributed by atoms with Crippen LogP contribution in [-0.2, 0) is 6.42 Å². The van der Waals surface area contributed by atoms with E-state index in [1.807, 2.05) is 0 Å². The molecule has 51 heavy (non-hydrogen) atoms. The number of rotatable bonds is 24. The SMILES string of the molecule is CCCCCCCCCCc1cnc(-c2ccc(OCCCC[Si](C)(C)C(F)C(F)(F)C(F)(F)C(F)(F)C(F)(F)C(F)C(F)C(F)F)cc2)nc1. The van der Waals surface area contributed by atoms with Crippen molar-refractivity contribution in [3.63, 3.8) is 0 Å².